The molecule has 1 saturated carbocycles. The van der Waals surface area contributed by atoms with Crippen molar-refractivity contribution in [3.8, 4) is 5.75 Å². The lowest BCUT2D eigenvalue weighted by Gasteiger charge is -2.32. The van der Waals surface area contributed by atoms with Crippen LogP contribution in [0.4, 0.5) is 0 Å². The van der Waals surface area contributed by atoms with Gasteiger partial charge in [0.15, 0.2) is 0 Å². The molecule has 2 nitrogen and oxygen atoms in total. The molecule has 1 heterocycles. The summed E-state index contributed by atoms with van der Waals surface area (Å²) in [5.74, 6) is 0.994. The maximum Gasteiger partial charge on any atom is 0.119 e. The SMILES string of the molecule is Br.COc1cccc(C23CCCC(C2)N(C)C3)c1. The molecule has 1 saturated heterocycles. The zero-order valence-electron chi connectivity index (χ0n) is 11.2. The van der Waals surface area contributed by atoms with Gasteiger partial charge in [-0.2, -0.15) is 0 Å². The molecule has 0 radical (unpaired) electrons. The van der Waals surface area contributed by atoms with E-state index in [1.807, 2.05) is 6.07 Å². The molecule has 0 spiro atoms. The Labute approximate surface area is 120 Å². The van der Waals surface area contributed by atoms with Gasteiger partial charge in [-0.1, -0.05) is 18.6 Å². The summed E-state index contributed by atoms with van der Waals surface area (Å²) in [5.41, 5.74) is 1.87. The fourth-order valence-corrected chi connectivity index (χ4v) is 3.76. The number of hydrogen-bond acceptors (Lipinski definition) is 2. The maximum absolute atomic E-state index is 5.36. The van der Waals surface area contributed by atoms with Crippen molar-refractivity contribution in [1.29, 1.82) is 0 Å². The highest BCUT2D eigenvalue weighted by Gasteiger charge is 2.46. The Morgan fingerprint density at radius 1 is 1.39 bits per heavy atom. The molecule has 0 aromatic heterocycles. The predicted octanol–water partition coefficient (Wildman–Crippen LogP) is 3.40. The second kappa shape index (κ2) is 5.22. The van der Waals surface area contributed by atoms with E-state index in [9.17, 15) is 0 Å². The van der Waals surface area contributed by atoms with E-state index in [1.165, 1.54) is 37.8 Å². The van der Waals surface area contributed by atoms with E-state index >= 15 is 0 Å². The molecule has 0 N–H and O–H groups in total. The van der Waals surface area contributed by atoms with Crippen molar-refractivity contribution in [2.75, 3.05) is 20.7 Å². The lowest BCUT2D eigenvalue weighted by molar-refractivity contribution is 0.294. The summed E-state index contributed by atoms with van der Waals surface area (Å²) in [6.45, 7) is 1.21. The standard InChI is InChI=1S/C15H21NO.BrH/c1-16-11-15(8-4-6-13(16)10-15)12-5-3-7-14(9-12)17-2;/h3,5,7,9,13H,4,6,8,10-11H2,1-2H3;1H. The molecule has 2 unspecified atom stereocenters. The van der Waals surface area contributed by atoms with Crippen LogP contribution < -0.4 is 4.74 Å². The van der Waals surface area contributed by atoms with Crippen molar-refractivity contribution >= 4 is 17.0 Å². The van der Waals surface area contributed by atoms with Gasteiger partial charge in [-0.15, -0.1) is 17.0 Å². The number of ether oxygens (including phenoxy) is 1. The van der Waals surface area contributed by atoms with Crippen LogP contribution in [0.3, 0.4) is 0 Å². The quantitative estimate of drug-likeness (QED) is 0.830. The lowest BCUT2D eigenvalue weighted by atomic mass is 9.71. The summed E-state index contributed by atoms with van der Waals surface area (Å²) in [6.07, 6.45) is 5.41. The van der Waals surface area contributed by atoms with Gasteiger partial charge in [-0.3, -0.25) is 0 Å². The lowest BCUT2D eigenvalue weighted by Crippen LogP contribution is -2.29. The summed E-state index contributed by atoms with van der Waals surface area (Å²) in [6, 6.07) is 9.49. The second-order valence-corrected chi connectivity index (χ2v) is 5.68. The van der Waals surface area contributed by atoms with E-state index < -0.39 is 0 Å². The molecule has 1 aliphatic heterocycles. The number of likely N-dealkylation sites (N-methyl/N-ethyl adjacent to an activating group) is 1. The van der Waals surface area contributed by atoms with Gasteiger partial charge in [0, 0.05) is 18.0 Å². The molecule has 2 fully saturated rings. The average Bonchev–Trinajstić information content (AvgIpc) is 2.61. The molecule has 1 aliphatic carbocycles. The zero-order valence-corrected chi connectivity index (χ0v) is 12.9. The highest BCUT2D eigenvalue weighted by atomic mass is 79.9. The molecule has 2 aliphatic rings. The largest absolute Gasteiger partial charge is 0.497 e. The van der Waals surface area contributed by atoms with E-state index in [0.717, 1.165) is 11.8 Å². The van der Waals surface area contributed by atoms with E-state index in [2.05, 4.69) is 30.1 Å². The summed E-state index contributed by atoms with van der Waals surface area (Å²) < 4.78 is 5.36. The Balaban J connectivity index is 0.00000120. The fourth-order valence-electron chi connectivity index (χ4n) is 3.76. The van der Waals surface area contributed by atoms with Gasteiger partial charge in [0.1, 0.15) is 5.75 Å². The molecular formula is C15H22BrNO. The average molecular weight is 312 g/mol. The van der Waals surface area contributed by atoms with Crippen LogP contribution in [0.2, 0.25) is 0 Å². The molecule has 3 rings (SSSR count). The van der Waals surface area contributed by atoms with Gasteiger partial charge in [-0.25, -0.2) is 0 Å². The molecule has 2 bridgehead atoms. The number of benzene rings is 1. The Kier molecular flexibility index (Phi) is 4.02. The van der Waals surface area contributed by atoms with Crippen molar-refractivity contribution in [1.82, 2.24) is 4.90 Å². The maximum atomic E-state index is 5.36. The van der Waals surface area contributed by atoms with Crippen LogP contribution in [0.1, 0.15) is 31.2 Å². The number of rotatable bonds is 2. The van der Waals surface area contributed by atoms with Crippen LogP contribution in [-0.2, 0) is 5.41 Å². The third-order valence-corrected chi connectivity index (χ3v) is 4.68. The van der Waals surface area contributed by atoms with Crippen LogP contribution in [0.5, 0.6) is 5.75 Å². The first kappa shape index (κ1) is 13.9. The van der Waals surface area contributed by atoms with E-state index in [1.54, 1.807) is 7.11 Å². The smallest absolute Gasteiger partial charge is 0.119 e. The highest BCUT2D eigenvalue weighted by molar-refractivity contribution is 8.93. The van der Waals surface area contributed by atoms with Gasteiger partial charge >= 0.3 is 0 Å². The molecule has 18 heavy (non-hydrogen) atoms. The fraction of sp³-hybridized carbons (Fsp3) is 0.600. The molecular weight excluding hydrogens is 290 g/mol. The summed E-state index contributed by atoms with van der Waals surface area (Å²) >= 11 is 0. The van der Waals surface area contributed by atoms with Crippen molar-refractivity contribution in [2.24, 2.45) is 0 Å². The van der Waals surface area contributed by atoms with Crippen molar-refractivity contribution in [3.63, 3.8) is 0 Å². The zero-order chi connectivity index (χ0) is 11.9. The number of nitrogens with zero attached hydrogens (tertiary/aromatic N) is 1. The molecule has 3 heteroatoms. The predicted molar refractivity (Wildman–Crippen MR) is 79.9 cm³/mol. The van der Waals surface area contributed by atoms with Crippen molar-refractivity contribution in [2.45, 2.75) is 37.1 Å². The molecule has 2 atom stereocenters. The third-order valence-electron chi connectivity index (χ3n) is 4.68. The third kappa shape index (κ3) is 2.19. The highest BCUT2D eigenvalue weighted by Crippen LogP contribution is 2.47. The van der Waals surface area contributed by atoms with Gasteiger partial charge < -0.3 is 9.64 Å². The topological polar surface area (TPSA) is 12.5 Å². The van der Waals surface area contributed by atoms with Gasteiger partial charge in [0.05, 0.1) is 7.11 Å². The van der Waals surface area contributed by atoms with Crippen LogP contribution in [0.15, 0.2) is 24.3 Å². The molecule has 100 valence electrons. The summed E-state index contributed by atoms with van der Waals surface area (Å²) in [4.78, 5) is 2.55. The number of likely N-dealkylation sites (tertiary alicyclic amines) is 1. The first-order valence-electron chi connectivity index (χ1n) is 6.58. The van der Waals surface area contributed by atoms with E-state index in [-0.39, 0.29) is 17.0 Å². The minimum Gasteiger partial charge on any atom is -0.497 e. The van der Waals surface area contributed by atoms with Crippen LogP contribution in [0, 0.1) is 0 Å². The Bertz CT molecular complexity index is 419. The Hall–Kier alpha value is -0.540. The van der Waals surface area contributed by atoms with Crippen molar-refractivity contribution in [3.05, 3.63) is 29.8 Å². The molecule has 1 aromatic carbocycles. The normalized spacial score (nSPS) is 30.9. The monoisotopic (exact) mass is 311 g/mol. The summed E-state index contributed by atoms with van der Waals surface area (Å²) in [5, 5.41) is 0. The van der Waals surface area contributed by atoms with Gasteiger partial charge in [0.2, 0.25) is 0 Å². The number of fused-ring (bicyclic) bond motifs is 2. The summed E-state index contributed by atoms with van der Waals surface area (Å²) in [7, 11) is 4.03. The Morgan fingerprint density at radius 3 is 3.00 bits per heavy atom. The van der Waals surface area contributed by atoms with Gasteiger partial charge in [-0.05, 0) is 44.0 Å². The first-order valence-corrected chi connectivity index (χ1v) is 6.58. The van der Waals surface area contributed by atoms with E-state index in [4.69, 9.17) is 4.74 Å². The van der Waals surface area contributed by atoms with Crippen molar-refractivity contribution < 1.29 is 4.74 Å². The minimum atomic E-state index is 0. The van der Waals surface area contributed by atoms with E-state index in [0.29, 0.717) is 5.41 Å². The number of methoxy groups -OCH3 is 1. The number of hydrogen-bond donors (Lipinski definition) is 0. The molecule has 1 aromatic rings. The minimum absolute atomic E-state index is 0. The first-order chi connectivity index (χ1) is 8.23. The van der Waals surface area contributed by atoms with Crippen LogP contribution in [0.25, 0.3) is 0 Å². The number of halogens is 1. The second-order valence-electron chi connectivity index (χ2n) is 5.68. The Morgan fingerprint density at radius 2 is 2.22 bits per heavy atom. The van der Waals surface area contributed by atoms with Gasteiger partial charge in [0.25, 0.3) is 0 Å². The molecule has 0 amide bonds. The van der Waals surface area contributed by atoms with Crippen LogP contribution >= 0.6 is 17.0 Å². The van der Waals surface area contributed by atoms with Crippen LogP contribution in [-0.4, -0.2) is 31.6 Å².